The van der Waals surface area contributed by atoms with Crippen LogP contribution in [0.25, 0.3) is 0 Å². The van der Waals surface area contributed by atoms with Gasteiger partial charge in [0.15, 0.2) is 0 Å². The topological polar surface area (TPSA) is 81.7 Å². The molecule has 0 saturated carbocycles. The number of ether oxygens (including phenoxy) is 1. The van der Waals surface area contributed by atoms with Crippen molar-refractivity contribution in [2.24, 2.45) is 5.92 Å². The number of benzene rings is 1. The number of nitrogens with one attached hydrogen (secondary N) is 1. The zero-order chi connectivity index (χ0) is 20.4. The molecule has 1 atom stereocenters. The summed E-state index contributed by atoms with van der Waals surface area (Å²) < 4.78 is 5.28. The third-order valence-corrected chi connectivity index (χ3v) is 6.01. The van der Waals surface area contributed by atoms with Gasteiger partial charge in [0.2, 0.25) is 5.95 Å². The number of aromatic nitrogens is 2. The zero-order valence-electron chi connectivity index (χ0n) is 17.3. The fourth-order valence-electron chi connectivity index (χ4n) is 4.45. The van der Waals surface area contributed by atoms with Crippen molar-refractivity contribution in [2.45, 2.75) is 45.9 Å². The molecule has 2 aliphatic heterocycles. The van der Waals surface area contributed by atoms with Crippen molar-refractivity contribution in [3.63, 3.8) is 0 Å². The third-order valence-electron chi connectivity index (χ3n) is 6.01. The van der Waals surface area contributed by atoms with Crippen molar-refractivity contribution in [3.05, 3.63) is 50.9 Å². The average Bonchev–Trinajstić information content (AvgIpc) is 2.74. The van der Waals surface area contributed by atoms with Crippen LogP contribution in [0.3, 0.4) is 0 Å². The van der Waals surface area contributed by atoms with Gasteiger partial charge < -0.3 is 14.7 Å². The van der Waals surface area contributed by atoms with Gasteiger partial charge in [0.1, 0.15) is 5.75 Å². The molecule has 7 heteroatoms. The second-order valence-corrected chi connectivity index (χ2v) is 8.27. The molecule has 0 radical (unpaired) electrons. The summed E-state index contributed by atoms with van der Waals surface area (Å²) in [7, 11) is 1.60. The molecule has 4 rings (SSSR count). The highest BCUT2D eigenvalue weighted by Crippen LogP contribution is 2.24. The van der Waals surface area contributed by atoms with Gasteiger partial charge >= 0.3 is 0 Å². The van der Waals surface area contributed by atoms with Crippen molar-refractivity contribution in [1.82, 2.24) is 14.9 Å². The SMILES string of the molecule is COc1ccc(CN2CCc3nc(N4CCC[C@H](C)C4)[nH]c(=O)c3C2)cc1CO. The maximum Gasteiger partial charge on any atom is 0.257 e. The molecule has 0 unspecified atom stereocenters. The first-order chi connectivity index (χ1) is 14.1. The standard InChI is InChI=1S/C22H30N4O3/c1-15-4-3-8-26(11-15)22-23-19-7-9-25(13-18(19)21(28)24-22)12-16-5-6-20(29-2)17(10-16)14-27/h5-6,10,15,27H,3-4,7-9,11-14H2,1-2H3,(H,23,24,28)/t15-/m0/s1. The van der Waals surface area contributed by atoms with E-state index in [9.17, 15) is 9.90 Å². The Balaban J connectivity index is 1.49. The second-order valence-electron chi connectivity index (χ2n) is 8.27. The Kier molecular flexibility index (Phi) is 5.87. The minimum atomic E-state index is -0.0542. The smallest absolute Gasteiger partial charge is 0.257 e. The number of methoxy groups -OCH3 is 1. The number of aliphatic hydroxyl groups excluding tert-OH is 1. The number of fused-ring (bicyclic) bond motifs is 1. The molecule has 29 heavy (non-hydrogen) atoms. The Hall–Kier alpha value is -2.38. The van der Waals surface area contributed by atoms with Crippen molar-refractivity contribution < 1.29 is 9.84 Å². The van der Waals surface area contributed by atoms with Crippen LogP contribution < -0.4 is 15.2 Å². The van der Waals surface area contributed by atoms with Crippen LogP contribution in [0, 0.1) is 5.92 Å². The minimum Gasteiger partial charge on any atom is -0.496 e. The summed E-state index contributed by atoms with van der Waals surface area (Å²) in [6.07, 6.45) is 3.16. The molecule has 2 aliphatic rings. The Bertz CT molecular complexity index is 927. The number of nitrogens with zero attached hydrogens (tertiary/aromatic N) is 3. The molecule has 0 bridgehead atoms. The van der Waals surface area contributed by atoms with E-state index in [0.717, 1.165) is 67.4 Å². The minimum absolute atomic E-state index is 0.0151. The van der Waals surface area contributed by atoms with Gasteiger partial charge in [-0.15, -0.1) is 0 Å². The molecule has 1 fully saturated rings. The average molecular weight is 399 g/mol. The first kappa shape index (κ1) is 19.9. The largest absolute Gasteiger partial charge is 0.496 e. The summed E-state index contributed by atoms with van der Waals surface area (Å²) in [6, 6.07) is 5.87. The summed E-state index contributed by atoms with van der Waals surface area (Å²) in [5.74, 6) is 2.06. The van der Waals surface area contributed by atoms with Crippen LogP contribution in [0.15, 0.2) is 23.0 Å². The molecule has 0 spiro atoms. The predicted octanol–water partition coefficient (Wildman–Crippen LogP) is 2.07. The number of aromatic amines is 1. The first-order valence-electron chi connectivity index (χ1n) is 10.4. The van der Waals surface area contributed by atoms with E-state index in [-0.39, 0.29) is 12.2 Å². The molecule has 7 nitrogen and oxygen atoms in total. The summed E-state index contributed by atoms with van der Waals surface area (Å²) in [6.45, 7) is 6.29. The van der Waals surface area contributed by atoms with Gasteiger partial charge in [0, 0.05) is 44.7 Å². The molecular formula is C22H30N4O3. The highest BCUT2D eigenvalue weighted by Gasteiger charge is 2.24. The molecular weight excluding hydrogens is 368 g/mol. The molecule has 0 amide bonds. The monoisotopic (exact) mass is 398 g/mol. The molecule has 156 valence electrons. The maximum atomic E-state index is 12.8. The molecule has 1 saturated heterocycles. The van der Waals surface area contributed by atoms with E-state index in [2.05, 4.69) is 21.7 Å². The third kappa shape index (κ3) is 4.31. The van der Waals surface area contributed by atoms with Gasteiger partial charge in [-0.05, 0) is 36.5 Å². The molecule has 1 aromatic carbocycles. The van der Waals surface area contributed by atoms with Crippen LogP contribution in [0.5, 0.6) is 5.75 Å². The quantitative estimate of drug-likeness (QED) is 0.802. The van der Waals surface area contributed by atoms with Crippen molar-refractivity contribution in [3.8, 4) is 5.75 Å². The normalized spacial score (nSPS) is 19.8. The Morgan fingerprint density at radius 3 is 2.97 bits per heavy atom. The fourth-order valence-corrected chi connectivity index (χ4v) is 4.45. The van der Waals surface area contributed by atoms with E-state index in [1.165, 1.54) is 6.42 Å². The fraction of sp³-hybridized carbons (Fsp3) is 0.545. The molecule has 0 aliphatic carbocycles. The first-order valence-corrected chi connectivity index (χ1v) is 10.4. The maximum absolute atomic E-state index is 12.8. The number of piperidine rings is 1. The lowest BCUT2D eigenvalue weighted by Crippen LogP contribution is -2.39. The van der Waals surface area contributed by atoms with E-state index >= 15 is 0 Å². The van der Waals surface area contributed by atoms with Crippen LogP contribution in [-0.2, 0) is 26.1 Å². The van der Waals surface area contributed by atoms with Crippen LogP contribution >= 0.6 is 0 Å². The van der Waals surface area contributed by atoms with Crippen molar-refractivity contribution in [2.75, 3.05) is 31.6 Å². The van der Waals surface area contributed by atoms with E-state index in [1.807, 2.05) is 18.2 Å². The van der Waals surface area contributed by atoms with Gasteiger partial charge in [0.05, 0.1) is 25.0 Å². The van der Waals surface area contributed by atoms with Crippen LogP contribution in [-0.4, -0.2) is 46.7 Å². The number of H-pyrrole nitrogens is 1. The van der Waals surface area contributed by atoms with E-state index in [4.69, 9.17) is 9.72 Å². The second kappa shape index (κ2) is 8.55. The van der Waals surface area contributed by atoms with Crippen LogP contribution in [0.1, 0.15) is 42.1 Å². The lowest BCUT2D eigenvalue weighted by molar-refractivity contribution is 0.240. The molecule has 2 aromatic rings. The highest BCUT2D eigenvalue weighted by atomic mass is 16.5. The van der Waals surface area contributed by atoms with E-state index in [1.54, 1.807) is 7.11 Å². The van der Waals surface area contributed by atoms with Crippen molar-refractivity contribution in [1.29, 1.82) is 0 Å². The number of anilines is 1. The van der Waals surface area contributed by atoms with Gasteiger partial charge in [-0.2, -0.15) is 0 Å². The van der Waals surface area contributed by atoms with Gasteiger partial charge in [-0.3, -0.25) is 14.7 Å². The van der Waals surface area contributed by atoms with E-state index < -0.39 is 0 Å². The summed E-state index contributed by atoms with van der Waals surface area (Å²) in [5, 5.41) is 9.54. The molecule has 3 heterocycles. The Morgan fingerprint density at radius 1 is 1.34 bits per heavy atom. The van der Waals surface area contributed by atoms with E-state index in [0.29, 0.717) is 18.2 Å². The summed E-state index contributed by atoms with van der Waals surface area (Å²) in [4.78, 5) is 25.1. The number of aliphatic hydroxyl groups is 1. The Labute approximate surface area is 171 Å². The molecule has 1 aromatic heterocycles. The number of hydrogen-bond acceptors (Lipinski definition) is 6. The van der Waals surface area contributed by atoms with Gasteiger partial charge in [0.25, 0.3) is 5.56 Å². The highest BCUT2D eigenvalue weighted by molar-refractivity contribution is 5.37. The number of hydrogen-bond donors (Lipinski definition) is 2. The predicted molar refractivity (Wildman–Crippen MR) is 112 cm³/mol. The zero-order valence-corrected chi connectivity index (χ0v) is 17.3. The lowest BCUT2D eigenvalue weighted by atomic mass is 10.0. The lowest BCUT2D eigenvalue weighted by Gasteiger charge is -2.33. The summed E-state index contributed by atoms with van der Waals surface area (Å²) >= 11 is 0. The molecule has 2 N–H and O–H groups in total. The van der Waals surface area contributed by atoms with Gasteiger partial charge in [-0.25, -0.2) is 4.98 Å². The van der Waals surface area contributed by atoms with Crippen LogP contribution in [0.4, 0.5) is 5.95 Å². The Morgan fingerprint density at radius 2 is 2.21 bits per heavy atom. The van der Waals surface area contributed by atoms with Crippen molar-refractivity contribution >= 4 is 5.95 Å². The number of rotatable bonds is 5. The van der Waals surface area contributed by atoms with Crippen LogP contribution in [0.2, 0.25) is 0 Å². The summed E-state index contributed by atoms with van der Waals surface area (Å²) in [5.41, 5.74) is 3.58. The van der Waals surface area contributed by atoms with Gasteiger partial charge in [-0.1, -0.05) is 13.0 Å².